The Labute approximate surface area is 158 Å². The summed E-state index contributed by atoms with van der Waals surface area (Å²) in [4.78, 5) is 0. The van der Waals surface area contributed by atoms with Gasteiger partial charge in [-0.15, -0.1) is 0 Å². The lowest BCUT2D eigenvalue weighted by atomic mass is 9.89. The molecule has 1 aliphatic rings. The van der Waals surface area contributed by atoms with Gasteiger partial charge in [0.05, 0.1) is 13.2 Å². The summed E-state index contributed by atoms with van der Waals surface area (Å²) in [6.45, 7) is 4.14. The number of methoxy groups -OCH3 is 1. The third-order valence-electron chi connectivity index (χ3n) is 4.06. The molecule has 0 aliphatic carbocycles. The van der Waals surface area contributed by atoms with Gasteiger partial charge < -0.3 is 20.1 Å². The quantitative estimate of drug-likeness (QED) is 0.743. The second-order valence-corrected chi connectivity index (χ2v) is 7.48. The van der Waals surface area contributed by atoms with Crippen molar-refractivity contribution in [1.29, 1.82) is 0 Å². The average Bonchev–Trinajstić information content (AvgIpc) is 2.53. The van der Waals surface area contributed by atoms with E-state index in [1.165, 1.54) is 0 Å². The van der Waals surface area contributed by atoms with Crippen LogP contribution in [0.1, 0.15) is 31.9 Å². The average molecular weight is 377 g/mol. The summed E-state index contributed by atoms with van der Waals surface area (Å²) in [6, 6.07) is 13.3. The fourth-order valence-electron chi connectivity index (χ4n) is 2.98. The minimum absolute atomic E-state index is 0.0213. The minimum atomic E-state index is -0.287. The van der Waals surface area contributed by atoms with Gasteiger partial charge in [-0.1, -0.05) is 17.7 Å². The van der Waals surface area contributed by atoms with E-state index in [1.54, 1.807) is 7.11 Å². The minimum Gasteiger partial charge on any atom is -0.497 e. The van der Waals surface area contributed by atoms with Crippen LogP contribution >= 0.6 is 23.8 Å². The highest BCUT2D eigenvalue weighted by atomic mass is 35.5. The van der Waals surface area contributed by atoms with Crippen LogP contribution in [0.4, 0.5) is 5.69 Å². The third kappa shape index (κ3) is 4.35. The van der Waals surface area contributed by atoms with Crippen LogP contribution in [-0.2, 0) is 0 Å². The van der Waals surface area contributed by atoms with Gasteiger partial charge in [0.15, 0.2) is 5.11 Å². The van der Waals surface area contributed by atoms with Gasteiger partial charge in [-0.3, -0.25) is 0 Å². The maximum absolute atomic E-state index is 6.09. The molecule has 0 saturated heterocycles. The molecule has 1 atom stereocenters. The Bertz CT molecular complexity index is 795. The fourth-order valence-corrected chi connectivity index (χ4v) is 3.43. The largest absolute Gasteiger partial charge is 0.497 e. The number of thiocarbonyl (C=S) groups is 1. The van der Waals surface area contributed by atoms with Crippen LogP contribution in [0, 0.1) is 0 Å². The number of hydrogen-bond donors (Lipinski definition) is 2. The van der Waals surface area contributed by atoms with Crippen molar-refractivity contribution in [2.75, 3.05) is 12.4 Å². The molecule has 0 bridgehead atoms. The summed E-state index contributed by atoms with van der Waals surface area (Å²) >= 11 is 11.5. The third-order valence-corrected chi connectivity index (χ3v) is 4.52. The van der Waals surface area contributed by atoms with E-state index in [2.05, 4.69) is 24.5 Å². The van der Waals surface area contributed by atoms with Gasteiger partial charge in [-0.2, -0.15) is 0 Å². The normalized spacial score (nSPS) is 17.8. The molecular weight excluding hydrogens is 356 g/mol. The molecule has 132 valence electrons. The first-order chi connectivity index (χ1) is 11.9. The smallest absolute Gasteiger partial charge is 0.171 e. The topological polar surface area (TPSA) is 42.5 Å². The molecular formula is C19H21ClN2O2S. The summed E-state index contributed by atoms with van der Waals surface area (Å²) in [5, 5.41) is 7.77. The number of anilines is 1. The van der Waals surface area contributed by atoms with Crippen molar-refractivity contribution in [3.63, 3.8) is 0 Å². The van der Waals surface area contributed by atoms with Crippen molar-refractivity contribution in [3.05, 3.63) is 53.1 Å². The van der Waals surface area contributed by atoms with Crippen LogP contribution in [0.25, 0.3) is 0 Å². The lowest BCUT2D eigenvalue weighted by Crippen LogP contribution is -2.42. The molecule has 0 fully saturated rings. The molecule has 2 aromatic rings. The van der Waals surface area contributed by atoms with E-state index in [9.17, 15) is 0 Å². The van der Waals surface area contributed by atoms with Crippen molar-refractivity contribution in [2.45, 2.75) is 31.9 Å². The van der Waals surface area contributed by atoms with Gasteiger partial charge in [0.1, 0.15) is 17.1 Å². The van der Waals surface area contributed by atoms with Crippen molar-refractivity contribution in [2.24, 2.45) is 0 Å². The summed E-state index contributed by atoms with van der Waals surface area (Å²) < 4.78 is 11.4. The number of fused-ring (bicyclic) bond motifs is 1. The monoisotopic (exact) mass is 376 g/mol. The zero-order valence-corrected chi connectivity index (χ0v) is 16.0. The van der Waals surface area contributed by atoms with Crippen molar-refractivity contribution in [1.82, 2.24) is 5.32 Å². The zero-order chi connectivity index (χ0) is 18.0. The summed E-state index contributed by atoms with van der Waals surface area (Å²) in [6.07, 6.45) is 0.782. The number of hydrogen-bond acceptors (Lipinski definition) is 3. The van der Waals surface area contributed by atoms with E-state index < -0.39 is 0 Å². The van der Waals surface area contributed by atoms with E-state index in [1.807, 2.05) is 42.5 Å². The number of ether oxygens (including phenoxy) is 2. The van der Waals surface area contributed by atoms with Gasteiger partial charge in [0, 0.05) is 22.7 Å². The van der Waals surface area contributed by atoms with E-state index in [-0.39, 0.29) is 11.6 Å². The predicted molar refractivity (Wildman–Crippen MR) is 106 cm³/mol. The first-order valence-corrected chi connectivity index (χ1v) is 8.85. The maximum atomic E-state index is 6.09. The Morgan fingerprint density at radius 3 is 2.80 bits per heavy atom. The molecule has 25 heavy (non-hydrogen) atoms. The van der Waals surface area contributed by atoms with Crippen molar-refractivity contribution >= 4 is 34.6 Å². The van der Waals surface area contributed by atoms with Gasteiger partial charge >= 0.3 is 0 Å². The first-order valence-electron chi connectivity index (χ1n) is 8.06. The summed E-state index contributed by atoms with van der Waals surface area (Å²) in [7, 11) is 1.66. The highest BCUT2D eigenvalue weighted by molar-refractivity contribution is 7.80. The van der Waals surface area contributed by atoms with Gasteiger partial charge in [-0.05, 0) is 62.5 Å². The van der Waals surface area contributed by atoms with E-state index in [0.717, 1.165) is 29.2 Å². The van der Waals surface area contributed by atoms with Gasteiger partial charge in [0.2, 0.25) is 0 Å². The predicted octanol–water partition coefficient (Wildman–Crippen LogP) is 4.94. The van der Waals surface area contributed by atoms with E-state index in [0.29, 0.717) is 10.1 Å². The molecule has 0 spiro atoms. The molecule has 6 heteroatoms. The molecule has 4 nitrogen and oxygen atoms in total. The van der Waals surface area contributed by atoms with Crippen LogP contribution in [0.2, 0.25) is 5.02 Å². The second-order valence-electron chi connectivity index (χ2n) is 6.63. The van der Waals surface area contributed by atoms with Crippen LogP contribution in [-0.4, -0.2) is 17.8 Å². The lowest BCUT2D eigenvalue weighted by Gasteiger charge is -2.38. The van der Waals surface area contributed by atoms with Crippen molar-refractivity contribution in [3.8, 4) is 11.5 Å². The number of rotatable bonds is 3. The van der Waals surface area contributed by atoms with E-state index >= 15 is 0 Å². The summed E-state index contributed by atoms with van der Waals surface area (Å²) in [5.74, 6) is 1.64. The summed E-state index contributed by atoms with van der Waals surface area (Å²) in [5.41, 5.74) is 1.60. The van der Waals surface area contributed by atoms with Gasteiger partial charge in [-0.25, -0.2) is 0 Å². The molecule has 0 saturated carbocycles. The molecule has 0 unspecified atom stereocenters. The fraction of sp³-hybridized carbons (Fsp3) is 0.316. The van der Waals surface area contributed by atoms with Crippen LogP contribution in [0.5, 0.6) is 11.5 Å². The SMILES string of the molecule is COc1ccc2c(c1)[C@H](NC(=S)Nc1cccc(Cl)c1)CC(C)(C)O2. The van der Waals surface area contributed by atoms with Crippen molar-refractivity contribution < 1.29 is 9.47 Å². The molecule has 1 heterocycles. The molecule has 2 N–H and O–H groups in total. The number of benzene rings is 2. The molecule has 3 rings (SSSR count). The second kappa shape index (κ2) is 7.10. The Balaban J connectivity index is 1.80. The zero-order valence-electron chi connectivity index (χ0n) is 14.4. The van der Waals surface area contributed by atoms with Crippen LogP contribution in [0.15, 0.2) is 42.5 Å². The Hall–Kier alpha value is -1.98. The number of halogens is 1. The highest BCUT2D eigenvalue weighted by Gasteiger charge is 2.34. The molecule has 0 amide bonds. The standard InChI is InChI=1S/C19H21ClN2O2S/c1-19(2)11-16(15-10-14(23-3)7-8-17(15)24-19)22-18(25)21-13-6-4-5-12(20)9-13/h4-10,16H,11H2,1-3H3,(H2,21,22,25)/t16-/m1/s1. The maximum Gasteiger partial charge on any atom is 0.171 e. The lowest BCUT2D eigenvalue weighted by molar-refractivity contribution is 0.0695. The number of nitrogens with one attached hydrogen (secondary N) is 2. The molecule has 1 aliphatic heterocycles. The molecule has 2 aromatic carbocycles. The Morgan fingerprint density at radius 1 is 1.28 bits per heavy atom. The highest BCUT2D eigenvalue weighted by Crippen LogP contribution is 2.41. The molecule has 0 radical (unpaired) electrons. The van der Waals surface area contributed by atoms with Crippen LogP contribution < -0.4 is 20.1 Å². The first kappa shape index (κ1) is 17.8. The molecule has 0 aromatic heterocycles. The van der Waals surface area contributed by atoms with Gasteiger partial charge in [0.25, 0.3) is 0 Å². The Morgan fingerprint density at radius 2 is 2.08 bits per heavy atom. The Kier molecular flexibility index (Phi) is 5.06. The van der Waals surface area contributed by atoms with Crippen LogP contribution in [0.3, 0.4) is 0 Å². The van der Waals surface area contributed by atoms with E-state index in [4.69, 9.17) is 33.3 Å².